The van der Waals surface area contributed by atoms with Crippen molar-refractivity contribution in [2.45, 2.75) is 95.6 Å². The fourth-order valence-electron chi connectivity index (χ4n) is 6.36. The number of ether oxygens (including phenoxy) is 1. The van der Waals surface area contributed by atoms with E-state index in [0.717, 1.165) is 11.1 Å². The highest BCUT2D eigenvalue weighted by Gasteiger charge is 2.48. The lowest BCUT2D eigenvalue weighted by Gasteiger charge is -2.34. The average molecular weight is 606 g/mol. The SMILES string of the molecule is CC[C@@H](C(=O)NC1C(=O)N2C(CCC1CN)CCC2C(=O)NC(c1ccccc1)c1ccccc1)N(C)C(=O)OC(C)(C)C. The number of hydrogen-bond donors (Lipinski definition) is 3. The second-order valence-electron chi connectivity index (χ2n) is 12.8. The Morgan fingerprint density at radius 3 is 2.07 bits per heavy atom. The molecule has 2 heterocycles. The number of fused-ring (bicyclic) bond motifs is 1. The Balaban J connectivity index is 1.55. The fraction of sp³-hybridized carbons (Fsp3) is 0.529. The van der Waals surface area contributed by atoms with Gasteiger partial charge in [0.15, 0.2) is 0 Å². The average Bonchev–Trinajstić information content (AvgIpc) is 3.38. The van der Waals surface area contributed by atoms with E-state index < -0.39 is 35.7 Å². The summed E-state index contributed by atoms with van der Waals surface area (Å²) in [6.45, 7) is 7.29. The molecule has 2 saturated heterocycles. The maximum atomic E-state index is 14.2. The van der Waals surface area contributed by atoms with Crippen LogP contribution < -0.4 is 16.4 Å². The third-order valence-electron chi connectivity index (χ3n) is 8.66. The molecule has 4 N–H and O–H groups in total. The standard InChI is InChI=1S/C34H47N5O5/c1-6-26(38(5)33(43)44-34(2,3)4)30(40)37-29-24(21-35)17-18-25-19-20-27(39(25)32(29)42)31(41)36-28(22-13-9-7-10-14-22)23-15-11-8-12-16-23/h7-16,24-29H,6,17-21,35H2,1-5H3,(H,36,41)(H,37,40)/t24?,25?,26-,27?,29?/m0/s1. The fourth-order valence-corrected chi connectivity index (χ4v) is 6.36. The summed E-state index contributed by atoms with van der Waals surface area (Å²) in [6, 6.07) is 16.6. The van der Waals surface area contributed by atoms with Crippen LogP contribution in [-0.2, 0) is 19.1 Å². The van der Waals surface area contributed by atoms with Crippen molar-refractivity contribution in [3.05, 3.63) is 71.8 Å². The van der Waals surface area contributed by atoms with Gasteiger partial charge in [-0.3, -0.25) is 19.3 Å². The molecule has 2 aromatic carbocycles. The Bertz CT molecular complexity index is 1260. The van der Waals surface area contributed by atoms with Crippen molar-refractivity contribution in [2.24, 2.45) is 11.7 Å². The zero-order valence-electron chi connectivity index (χ0n) is 26.5. The van der Waals surface area contributed by atoms with Crippen LogP contribution >= 0.6 is 0 Å². The number of nitrogens with one attached hydrogen (secondary N) is 2. The first-order chi connectivity index (χ1) is 20.9. The van der Waals surface area contributed by atoms with Gasteiger partial charge < -0.3 is 26.0 Å². The topological polar surface area (TPSA) is 134 Å². The van der Waals surface area contributed by atoms with Gasteiger partial charge in [-0.25, -0.2) is 4.79 Å². The first-order valence-electron chi connectivity index (χ1n) is 15.6. The van der Waals surface area contributed by atoms with Crippen LogP contribution in [0.4, 0.5) is 4.79 Å². The number of nitrogens with two attached hydrogens (primary N) is 1. The van der Waals surface area contributed by atoms with Crippen LogP contribution in [0.5, 0.6) is 0 Å². The molecule has 2 fully saturated rings. The van der Waals surface area contributed by atoms with Crippen LogP contribution in [0.25, 0.3) is 0 Å². The summed E-state index contributed by atoms with van der Waals surface area (Å²) in [5.74, 6) is -1.29. The van der Waals surface area contributed by atoms with Crippen LogP contribution in [0.1, 0.15) is 77.0 Å². The normalized spacial score (nSPS) is 22.5. The van der Waals surface area contributed by atoms with Crippen molar-refractivity contribution < 1.29 is 23.9 Å². The summed E-state index contributed by atoms with van der Waals surface area (Å²) in [4.78, 5) is 57.5. The molecule has 2 aliphatic heterocycles. The lowest BCUT2D eigenvalue weighted by molar-refractivity contribution is -0.144. The van der Waals surface area contributed by atoms with Gasteiger partial charge in [-0.1, -0.05) is 67.6 Å². The zero-order chi connectivity index (χ0) is 32.0. The number of nitrogens with zero attached hydrogens (tertiary/aromatic N) is 2. The van der Waals surface area contributed by atoms with E-state index in [0.29, 0.717) is 32.1 Å². The lowest BCUT2D eigenvalue weighted by atomic mass is 9.93. The molecule has 4 unspecified atom stereocenters. The molecule has 4 amide bonds. The van der Waals surface area contributed by atoms with E-state index in [2.05, 4.69) is 10.6 Å². The van der Waals surface area contributed by atoms with E-state index in [-0.39, 0.29) is 36.4 Å². The van der Waals surface area contributed by atoms with E-state index in [1.807, 2.05) is 60.7 Å². The van der Waals surface area contributed by atoms with Gasteiger partial charge in [0.2, 0.25) is 17.7 Å². The van der Waals surface area contributed by atoms with Crippen LogP contribution in [0.15, 0.2) is 60.7 Å². The molecule has 5 atom stereocenters. The molecule has 0 bridgehead atoms. The van der Waals surface area contributed by atoms with Gasteiger partial charge in [0.1, 0.15) is 23.7 Å². The molecule has 0 spiro atoms. The highest BCUT2D eigenvalue weighted by atomic mass is 16.6. The molecule has 10 nitrogen and oxygen atoms in total. The number of amides is 4. The Morgan fingerprint density at radius 2 is 1.55 bits per heavy atom. The quantitative estimate of drug-likeness (QED) is 0.399. The number of benzene rings is 2. The van der Waals surface area contributed by atoms with Gasteiger partial charge in [0, 0.05) is 19.0 Å². The predicted molar refractivity (Wildman–Crippen MR) is 168 cm³/mol. The summed E-state index contributed by atoms with van der Waals surface area (Å²) >= 11 is 0. The zero-order valence-corrected chi connectivity index (χ0v) is 26.5. The Labute approximate surface area is 260 Å². The van der Waals surface area contributed by atoms with Crippen molar-refractivity contribution in [3.8, 4) is 0 Å². The first kappa shape index (κ1) is 33.0. The molecule has 2 aromatic rings. The molecule has 44 heavy (non-hydrogen) atoms. The molecule has 4 rings (SSSR count). The Morgan fingerprint density at radius 1 is 0.977 bits per heavy atom. The molecule has 0 aromatic heterocycles. The van der Waals surface area contributed by atoms with Gasteiger partial charge in [-0.05, 0) is 70.5 Å². The van der Waals surface area contributed by atoms with Crippen LogP contribution in [-0.4, -0.2) is 77.0 Å². The molecule has 0 saturated carbocycles. The van der Waals surface area contributed by atoms with Gasteiger partial charge in [0.05, 0.1) is 6.04 Å². The van der Waals surface area contributed by atoms with E-state index in [1.165, 1.54) is 11.9 Å². The minimum atomic E-state index is -0.911. The smallest absolute Gasteiger partial charge is 0.410 e. The van der Waals surface area contributed by atoms with Gasteiger partial charge in [-0.2, -0.15) is 0 Å². The molecule has 10 heteroatoms. The second-order valence-corrected chi connectivity index (χ2v) is 12.8. The number of likely N-dealkylation sites (N-methyl/N-ethyl adjacent to an activating group) is 1. The molecule has 0 radical (unpaired) electrons. The van der Waals surface area contributed by atoms with Crippen LogP contribution in [0.2, 0.25) is 0 Å². The Hall–Kier alpha value is -3.92. The van der Waals surface area contributed by atoms with Crippen molar-refractivity contribution in [1.82, 2.24) is 20.4 Å². The minimum Gasteiger partial charge on any atom is -0.444 e. The van der Waals surface area contributed by atoms with Crippen LogP contribution in [0.3, 0.4) is 0 Å². The summed E-state index contributed by atoms with van der Waals surface area (Å²) in [6.07, 6.45) is 2.27. The van der Waals surface area contributed by atoms with Crippen molar-refractivity contribution in [1.29, 1.82) is 0 Å². The molecule has 238 valence electrons. The second kappa shape index (κ2) is 14.2. The van der Waals surface area contributed by atoms with E-state index >= 15 is 0 Å². The lowest BCUT2D eigenvalue weighted by Crippen LogP contribution is -2.59. The van der Waals surface area contributed by atoms with Gasteiger partial charge in [-0.15, -0.1) is 0 Å². The monoisotopic (exact) mass is 605 g/mol. The van der Waals surface area contributed by atoms with Crippen molar-refractivity contribution >= 4 is 23.8 Å². The summed E-state index contributed by atoms with van der Waals surface area (Å²) in [5.41, 5.74) is 7.30. The summed E-state index contributed by atoms with van der Waals surface area (Å²) in [5, 5.41) is 6.15. The highest BCUT2D eigenvalue weighted by Crippen LogP contribution is 2.34. The summed E-state index contributed by atoms with van der Waals surface area (Å²) < 4.78 is 5.47. The number of carbonyl (C=O) groups is 4. The highest BCUT2D eigenvalue weighted by molar-refractivity contribution is 5.95. The van der Waals surface area contributed by atoms with Gasteiger partial charge in [0.25, 0.3) is 0 Å². The van der Waals surface area contributed by atoms with Crippen molar-refractivity contribution in [3.63, 3.8) is 0 Å². The van der Waals surface area contributed by atoms with Crippen molar-refractivity contribution in [2.75, 3.05) is 13.6 Å². The van der Waals surface area contributed by atoms with Crippen LogP contribution in [0, 0.1) is 5.92 Å². The largest absolute Gasteiger partial charge is 0.444 e. The number of hydrogen-bond acceptors (Lipinski definition) is 6. The summed E-state index contributed by atoms with van der Waals surface area (Å²) in [7, 11) is 1.52. The predicted octanol–water partition coefficient (Wildman–Crippen LogP) is 3.75. The first-order valence-corrected chi connectivity index (χ1v) is 15.6. The third-order valence-corrected chi connectivity index (χ3v) is 8.66. The minimum absolute atomic E-state index is 0.118. The van der Waals surface area contributed by atoms with E-state index in [4.69, 9.17) is 10.5 Å². The van der Waals surface area contributed by atoms with Gasteiger partial charge >= 0.3 is 6.09 Å². The molecule has 0 aliphatic carbocycles. The maximum absolute atomic E-state index is 14.2. The number of carbonyl (C=O) groups excluding carboxylic acids is 4. The Kier molecular flexibility index (Phi) is 10.7. The molecular weight excluding hydrogens is 558 g/mol. The number of rotatable bonds is 9. The third kappa shape index (κ3) is 7.59. The molecular formula is C34H47N5O5. The van der Waals surface area contributed by atoms with E-state index in [1.54, 1.807) is 32.6 Å². The molecule has 2 aliphatic rings. The maximum Gasteiger partial charge on any atom is 0.410 e. The van der Waals surface area contributed by atoms with E-state index in [9.17, 15) is 19.2 Å².